The fourth-order valence-corrected chi connectivity index (χ4v) is 3.01. The normalized spacial score (nSPS) is 16.8. The number of likely N-dealkylation sites (N-methyl/N-ethyl adjacent to an activating group) is 1. The fraction of sp³-hybridized carbons (Fsp3) is 0.562. The van der Waals surface area contributed by atoms with E-state index >= 15 is 0 Å². The molecule has 1 aliphatic carbocycles. The van der Waals surface area contributed by atoms with Crippen molar-refractivity contribution in [3.05, 3.63) is 23.8 Å². The molecule has 1 aromatic carbocycles. The maximum atomic E-state index is 11.9. The van der Waals surface area contributed by atoms with Crippen LogP contribution < -0.4 is 10.6 Å². The van der Waals surface area contributed by atoms with Crippen molar-refractivity contribution in [3.63, 3.8) is 0 Å². The first kappa shape index (κ1) is 15.6. The van der Waals surface area contributed by atoms with Gasteiger partial charge < -0.3 is 20.6 Å². The summed E-state index contributed by atoms with van der Waals surface area (Å²) in [6.07, 6.45) is 3.84. The van der Waals surface area contributed by atoms with E-state index in [1.165, 1.54) is 4.90 Å². The van der Waals surface area contributed by atoms with Crippen molar-refractivity contribution in [1.82, 2.24) is 4.90 Å². The van der Waals surface area contributed by atoms with Crippen LogP contribution in [-0.2, 0) is 0 Å². The molecule has 0 aromatic heterocycles. The Kier molecular flexibility index (Phi) is 4.42. The van der Waals surface area contributed by atoms with Crippen molar-refractivity contribution in [2.24, 2.45) is 0 Å². The standard InChI is InChI=1S/C16H25N3O2/c1-18(2)15(20)12-6-7-14(13(17)10-12)19(3)11-16(21)8-4-5-9-16/h6-7,10,21H,4-5,8-9,11,17H2,1-3H3. The van der Waals surface area contributed by atoms with Crippen LogP contribution in [0.5, 0.6) is 0 Å². The first-order valence-electron chi connectivity index (χ1n) is 7.37. The van der Waals surface area contributed by atoms with Crippen molar-refractivity contribution in [1.29, 1.82) is 0 Å². The van der Waals surface area contributed by atoms with E-state index in [1.807, 2.05) is 18.0 Å². The summed E-state index contributed by atoms with van der Waals surface area (Å²) in [6.45, 7) is 0.568. The van der Waals surface area contributed by atoms with Gasteiger partial charge in [-0.15, -0.1) is 0 Å². The first-order chi connectivity index (χ1) is 9.82. The molecule has 0 aliphatic heterocycles. The summed E-state index contributed by atoms with van der Waals surface area (Å²) in [7, 11) is 5.36. The summed E-state index contributed by atoms with van der Waals surface area (Å²) in [4.78, 5) is 15.4. The summed E-state index contributed by atoms with van der Waals surface area (Å²) in [6, 6.07) is 5.33. The van der Waals surface area contributed by atoms with Crippen molar-refractivity contribution in [2.45, 2.75) is 31.3 Å². The predicted molar refractivity (Wildman–Crippen MR) is 85.6 cm³/mol. The molecule has 0 bridgehead atoms. The number of nitrogen functional groups attached to an aromatic ring is 1. The second-order valence-electron chi connectivity index (χ2n) is 6.26. The zero-order valence-electron chi connectivity index (χ0n) is 13.1. The van der Waals surface area contributed by atoms with Gasteiger partial charge in [0.2, 0.25) is 0 Å². The van der Waals surface area contributed by atoms with Crippen LogP contribution in [0.4, 0.5) is 11.4 Å². The monoisotopic (exact) mass is 291 g/mol. The first-order valence-corrected chi connectivity index (χ1v) is 7.37. The number of amides is 1. The second-order valence-corrected chi connectivity index (χ2v) is 6.26. The van der Waals surface area contributed by atoms with Crippen molar-refractivity contribution < 1.29 is 9.90 Å². The van der Waals surface area contributed by atoms with Crippen molar-refractivity contribution in [3.8, 4) is 0 Å². The van der Waals surface area contributed by atoms with Gasteiger partial charge in [-0.05, 0) is 31.0 Å². The third kappa shape index (κ3) is 3.47. The lowest BCUT2D eigenvalue weighted by molar-refractivity contribution is 0.0559. The van der Waals surface area contributed by atoms with E-state index in [9.17, 15) is 9.90 Å². The van der Waals surface area contributed by atoms with Gasteiger partial charge in [0.1, 0.15) is 0 Å². The van der Waals surface area contributed by atoms with Gasteiger partial charge in [-0.3, -0.25) is 4.79 Å². The van der Waals surface area contributed by atoms with Gasteiger partial charge in [-0.2, -0.15) is 0 Å². The molecule has 0 saturated heterocycles. The highest BCUT2D eigenvalue weighted by molar-refractivity contribution is 5.95. The minimum Gasteiger partial charge on any atom is -0.397 e. The highest BCUT2D eigenvalue weighted by atomic mass is 16.3. The Morgan fingerprint density at radius 1 is 1.29 bits per heavy atom. The number of nitrogens with two attached hydrogens (primary N) is 1. The van der Waals surface area contributed by atoms with Gasteiger partial charge in [0, 0.05) is 33.3 Å². The molecule has 3 N–H and O–H groups in total. The number of carbonyl (C=O) groups is 1. The number of aliphatic hydroxyl groups is 1. The zero-order chi connectivity index (χ0) is 15.6. The summed E-state index contributed by atoms with van der Waals surface area (Å²) < 4.78 is 0. The number of rotatable bonds is 4. The Bertz CT molecular complexity index is 522. The average Bonchev–Trinajstić information content (AvgIpc) is 2.83. The fourth-order valence-electron chi connectivity index (χ4n) is 3.01. The molecule has 1 aromatic rings. The Labute approximate surface area is 126 Å². The maximum absolute atomic E-state index is 11.9. The van der Waals surface area contributed by atoms with E-state index in [2.05, 4.69) is 0 Å². The van der Waals surface area contributed by atoms with Crippen LogP contribution in [-0.4, -0.2) is 49.2 Å². The lowest BCUT2D eigenvalue weighted by Gasteiger charge is -2.30. The molecule has 0 radical (unpaired) electrons. The number of carbonyl (C=O) groups excluding carboxylic acids is 1. The molecule has 116 valence electrons. The third-order valence-corrected chi connectivity index (χ3v) is 4.16. The minimum atomic E-state index is -0.612. The molecule has 0 heterocycles. The SMILES string of the molecule is CN(C)C(=O)c1ccc(N(C)CC2(O)CCCC2)c(N)c1. The van der Waals surface area contributed by atoms with Gasteiger partial charge in [-0.25, -0.2) is 0 Å². The lowest BCUT2D eigenvalue weighted by Crippen LogP contribution is -2.39. The van der Waals surface area contributed by atoms with E-state index in [-0.39, 0.29) is 5.91 Å². The highest BCUT2D eigenvalue weighted by Crippen LogP contribution is 2.32. The molecule has 1 saturated carbocycles. The predicted octanol–water partition coefficient (Wildman–Crippen LogP) is 1.71. The van der Waals surface area contributed by atoms with E-state index < -0.39 is 5.60 Å². The van der Waals surface area contributed by atoms with Gasteiger partial charge in [0.05, 0.1) is 17.0 Å². The molecule has 0 spiro atoms. The second kappa shape index (κ2) is 5.93. The molecule has 21 heavy (non-hydrogen) atoms. The number of anilines is 2. The van der Waals surface area contributed by atoms with Crippen LogP contribution in [0.2, 0.25) is 0 Å². The zero-order valence-corrected chi connectivity index (χ0v) is 13.1. The molecule has 0 atom stereocenters. The van der Waals surface area contributed by atoms with Crippen LogP contribution in [0.25, 0.3) is 0 Å². The number of hydrogen-bond donors (Lipinski definition) is 2. The lowest BCUT2D eigenvalue weighted by atomic mass is 10.0. The number of hydrogen-bond acceptors (Lipinski definition) is 4. The van der Waals surface area contributed by atoms with Crippen molar-refractivity contribution >= 4 is 17.3 Å². The van der Waals surface area contributed by atoms with Crippen LogP contribution in [0.15, 0.2) is 18.2 Å². The summed E-state index contributed by atoms with van der Waals surface area (Å²) in [5.41, 5.74) is 7.46. The van der Waals surface area contributed by atoms with Crippen LogP contribution in [0.3, 0.4) is 0 Å². The van der Waals surface area contributed by atoms with Crippen LogP contribution in [0.1, 0.15) is 36.0 Å². The molecule has 5 heteroatoms. The Balaban J connectivity index is 2.15. The Morgan fingerprint density at radius 2 is 1.90 bits per heavy atom. The third-order valence-electron chi connectivity index (χ3n) is 4.16. The largest absolute Gasteiger partial charge is 0.397 e. The van der Waals surface area contributed by atoms with Gasteiger partial charge in [0.25, 0.3) is 5.91 Å². The molecular formula is C16H25N3O2. The van der Waals surface area contributed by atoms with Crippen molar-refractivity contribution in [2.75, 3.05) is 38.3 Å². The molecule has 1 fully saturated rings. The quantitative estimate of drug-likeness (QED) is 0.829. The molecule has 1 aliphatic rings. The van der Waals surface area contributed by atoms with Gasteiger partial charge >= 0.3 is 0 Å². The molecular weight excluding hydrogens is 266 g/mol. The number of benzene rings is 1. The summed E-state index contributed by atoms with van der Waals surface area (Å²) >= 11 is 0. The summed E-state index contributed by atoms with van der Waals surface area (Å²) in [5.74, 6) is -0.0645. The van der Waals surface area contributed by atoms with Gasteiger partial charge in [0.15, 0.2) is 0 Å². The van der Waals surface area contributed by atoms with Gasteiger partial charge in [-0.1, -0.05) is 12.8 Å². The van der Waals surface area contributed by atoms with E-state index in [0.717, 1.165) is 31.4 Å². The van der Waals surface area contributed by atoms with Crippen LogP contribution >= 0.6 is 0 Å². The van der Waals surface area contributed by atoms with E-state index in [0.29, 0.717) is 17.8 Å². The molecule has 5 nitrogen and oxygen atoms in total. The molecule has 1 amide bonds. The maximum Gasteiger partial charge on any atom is 0.253 e. The topological polar surface area (TPSA) is 69.8 Å². The molecule has 0 unspecified atom stereocenters. The summed E-state index contributed by atoms with van der Waals surface area (Å²) in [5, 5.41) is 10.5. The highest BCUT2D eigenvalue weighted by Gasteiger charge is 2.32. The minimum absolute atomic E-state index is 0.0645. The molecule has 2 rings (SSSR count). The number of nitrogens with zero attached hydrogens (tertiary/aromatic N) is 2. The van der Waals surface area contributed by atoms with Crippen LogP contribution in [0, 0.1) is 0 Å². The smallest absolute Gasteiger partial charge is 0.253 e. The van der Waals surface area contributed by atoms with E-state index in [1.54, 1.807) is 26.2 Å². The Morgan fingerprint density at radius 3 is 2.43 bits per heavy atom. The van der Waals surface area contributed by atoms with E-state index in [4.69, 9.17) is 5.73 Å². The Hall–Kier alpha value is -1.75. The average molecular weight is 291 g/mol.